The molecule has 3 saturated carbocycles. The highest BCUT2D eigenvalue weighted by molar-refractivity contribution is 6.31. The summed E-state index contributed by atoms with van der Waals surface area (Å²) in [5, 5.41) is 9.50. The van der Waals surface area contributed by atoms with Crippen LogP contribution in [0.15, 0.2) is 18.2 Å². The molecule has 0 radical (unpaired) electrons. The number of nitrogens with two attached hydrogens (primary N) is 1. The molecule has 3 N–H and O–H groups in total. The highest BCUT2D eigenvalue weighted by Gasteiger charge is 2.72. The van der Waals surface area contributed by atoms with Gasteiger partial charge in [0.1, 0.15) is 11.9 Å². The molecule has 2 bridgehead atoms. The van der Waals surface area contributed by atoms with Crippen molar-refractivity contribution in [1.82, 2.24) is 0 Å². The zero-order chi connectivity index (χ0) is 13.1. The van der Waals surface area contributed by atoms with E-state index < -0.39 is 12.0 Å². The third kappa shape index (κ3) is 1.36. The van der Waals surface area contributed by atoms with Crippen molar-refractivity contribution in [3.63, 3.8) is 0 Å². The zero-order valence-electron chi connectivity index (χ0n) is 9.62. The van der Waals surface area contributed by atoms with Gasteiger partial charge >= 0.3 is 5.97 Å². The van der Waals surface area contributed by atoms with Crippen LogP contribution in [0.3, 0.4) is 0 Å². The van der Waals surface area contributed by atoms with Crippen LogP contribution < -0.4 is 5.73 Å². The molecule has 1 aromatic rings. The quantitative estimate of drug-likeness (QED) is 0.885. The minimum Gasteiger partial charge on any atom is -0.480 e. The maximum Gasteiger partial charge on any atom is 0.321 e. The van der Waals surface area contributed by atoms with E-state index in [2.05, 4.69) is 0 Å². The summed E-state index contributed by atoms with van der Waals surface area (Å²) in [6.07, 6.45) is 2.07. The molecule has 18 heavy (non-hydrogen) atoms. The van der Waals surface area contributed by atoms with E-state index in [1.54, 1.807) is 6.07 Å². The fourth-order valence-electron chi connectivity index (χ4n) is 3.65. The minimum absolute atomic E-state index is 0.147. The van der Waals surface area contributed by atoms with Gasteiger partial charge in [-0.25, -0.2) is 4.39 Å². The predicted octanol–water partition coefficient (Wildman–Crippen LogP) is 2.31. The Bertz CT molecular complexity index is 526. The zero-order valence-corrected chi connectivity index (χ0v) is 10.4. The smallest absolute Gasteiger partial charge is 0.321 e. The summed E-state index contributed by atoms with van der Waals surface area (Å²) in [5.41, 5.74) is 6.04. The lowest BCUT2D eigenvalue weighted by molar-refractivity contribution is -0.178. The summed E-state index contributed by atoms with van der Waals surface area (Å²) in [6.45, 7) is 0. The fourth-order valence-corrected chi connectivity index (χ4v) is 3.97. The van der Waals surface area contributed by atoms with Crippen molar-refractivity contribution in [2.75, 3.05) is 0 Å². The summed E-state index contributed by atoms with van der Waals surface area (Å²) in [6, 6.07) is 3.51. The normalized spacial score (nSPS) is 34.4. The first-order valence-electron chi connectivity index (χ1n) is 5.83. The summed E-state index contributed by atoms with van der Waals surface area (Å²) < 4.78 is 13.3. The van der Waals surface area contributed by atoms with E-state index in [0.29, 0.717) is 24.3 Å². The topological polar surface area (TPSA) is 63.3 Å². The molecular weight excluding hydrogens is 257 g/mol. The lowest BCUT2D eigenvalue weighted by Gasteiger charge is -2.72. The van der Waals surface area contributed by atoms with Crippen molar-refractivity contribution in [2.24, 2.45) is 11.1 Å². The van der Waals surface area contributed by atoms with Gasteiger partial charge in [0.2, 0.25) is 0 Å². The first kappa shape index (κ1) is 11.9. The molecule has 0 amide bonds. The second-order valence-electron chi connectivity index (χ2n) is 5.61. The Morgan fingerprint density at radius 3 is 2.61 bits per heavy atom. The molecule has 0 saturated heterocycles. The molecule has 96 valence electrons. The van der Waals surface area contributed by atoms with Gasteiger partial charge in [0.25, 0.3) is 0 Å². The van der Waals surface area contributed by atoms with Gasteiger partial charge in [-0.2, -0.15) is 0 Å². The monoisotopic (exact) mass is 269 g/mol. The maximum atomic E-state index is 13.3. The number of carbonyl (C=O) groups is 1. The van der Waals surface area contributed by atoms with Crippen molar-refractivity contribution < 1.29 is 14.3 Å². The Kier molecular flexibility index (Phi) is 2.29. The van der Waals surface area contributed by atoms with Gasteiger partial charge in [-0.15, -0.1) is 0 Å². The Morgan fingerprint density at radius 2 is 2.06 bits per heavy atom. The number of rotatable bonds is 3. The number of aliphatic carboxylic acids is 1. The lowest BCUT2D eigenvalue weighted by Crippen LogP contribution is -2.72. The molecular formula is C13H13ClFNO2. The number of halogens is 2. The summed E-state index contributed by atoms with van der Waals surface area (Å²) >= 11 is 6.09. The van der Waals surface area contributed by atoms with E-state index in [4.69, 9.17) is 22.4 Å². The SMILES string of the molecule is NC(C(=O)O)C12CC(c3cc(F)ccc3Cl)(C1)C2. The van der Waals surface area contributed by atoms with Crippen molar-refractivity contribution in [1.29, 1.82) is 0 Å². The summed E-state index contributed by atoms with van der Waals surface area (Å²) in [5.74, 6) is -1.27. The van der Waals surface area contributed by atoms with Crippen LogP contribution in [0.1, 0.15) is 24.8 Å². The van der Waals surface area contributed by atoms with Gasteiger partial charge < -0.3 is 10.8 Å². The highest BCUT2D eigenvalue weighted by atomic mass is 35.5. The lowest BCUT2D eigenvalue weighted by atomic mass is 9.31. The van der Waals surface area contributed by atoms with Crippen LogP contribution in [0, 0.1) is 11.2 Å². The van der Waals surface area contributed by atoms with Crippen LogP contribution in [0.5, 0.6) is 0 Å². The second-order valence-corrected chi connectivity index (χ2v) is 6.02. The molecule has 0 heterocycles. The molecule has 1 atom stereocenters. The predicted molar refractivity (Wildman–Crippen MR) is 65.0 cm³/mol. The van der Waals surface area contributed by atoms with E-state index in [9.17, 15) is 9.18 Å². The van der Waals surface area contributed by atoms with Gasteiger partial charge in [-0.3, -0.25) is 4.79 Å². The van der Waals surface area contributed by atoms with Gasteiger partial charge in [0.15, 0.2) is 0 Å². The molecule has 0 aromatic heterocycles. The Balaban J connectivity index is 1.84. The van der Waals surface area contributed by atoms with Gasteiger partial charge in [-0.1, -0.05) is 11.6 Å². The number of benzene rings is 1. The highest BCUT2D eigenvalue weighted by Crippen LogP contribution is 2.75. The summed E-state index contributed by atoms with van der Waals surface area (Å²) in [4.78, 5) is 10.9. The van der Waals surface area contributed by atoms with Crippen molar-refractivity contribution in [3.8, 4) is 0 Å². The largest absolute Gasteiger partial charge is 0.480 e. The van der Waals surface area contributed by atoms with Gasteiger partial charge in [0, 0.05) is 5.02 Å². The van der Waals surface area contributed by atoms with Gasteiger partial charge in [-0.05, 0) is 53.9 Å². The minimum atomic E-state index is -0.964. The van der Waals surface area contributed by atoms with E-state index in [0.717, 1.165) is 5.56 Å². The second kappa shape index (κ2) is 3.45. The molecule has 3 fully saturated rings. The van der Waals surface area contributed by atoms with Crippen LogP contribution in [0.4, 0.5) is 4.39 Å². The average molecular weight is 270 g/mol. The maximum absolute atomic E-state index is 13.3. The Labute approximate surface area is 109 Å². The molecule has 0 aliphatic heterocycles. The van der Waals surface area contributed by atoms with Crippen LogP contribution in [-0.4, -0.2) is 17.1 Å². The summed E-state index contributed by atoms with van der Waals surface area (Å²) in [7, 11) is 0. The third-order valence-electron chi connectivity index (χ3n) is 4.50. The van der Waals surface area contributed by atoms with E-state index in [-0.39, 0.29) is 16.6 Å². The van der Waals surface area contributed by atoms with E-state index >= 15 is 0 Å². The number of hydrogen-bond acceptors (Lipinski definition) is 2. The molecule has 4 rings (SSSR count). The standard InChI is InChI=1S/C13H13ClFNO2/c14-9-2-1-7(15)3-8(9)12-4-13(5-12,6-12)10(16)11(17)18/h1-3,10H,4-6,16H2,(H,17,18). The fraction of sp³-hybridized carbons (Fsp3) is 0.462. The van der Waals surface area contributed by atoms with E-state index in [1.165, 1.54) is 12.1 Å². The van der Waals surface area contributed by atoms with Crippen molar-refractivity contribution in [3.05, 3.63) is 34.6 Å². The van der Waals surface area contributed by atoms with Crippen molar-refractivity contribution >= 4 is 17.6 Å². The number of hydrogen-bond donors (Lipinski definition) is 2. The molecule has 1 unspecified atom stereocenters. The number of carboxylic acid groups (broad SMARTS) is 1. The Morgan fingerprint density at radius 1 is 1.44 bits per heavy atom. The Hall–Kier alpha value is -1.13. The van der Waals surface area contributed by atoms with Crippen LogP contribution in [-0.2, 0) is 10.2 Å². The molecule has 3 nitrogen and oxygen atoms in total. The van der Waals surface area contributed by atoms with Crippen LogP contribution >= 0.6 is 11.6 Å². The van der Waals surface area contributed by atoms with Crippen LogP contribution in [0.25, 0.3) is 0 Å². The molecule has 0 spiro atoms. The average Bonchev–Trinajstić information content (AvgIpc) is 2.19. The van der Waals surface area contributed by atoms with E-state index in [1.807, 2.05) is 0 Å². The van der Waals surface area contributed by atoms with Crippen LogP contribution in [0.2, 0.25) is 5.02 Å². The molecule has 3 aliphatic carbocycles. The first-order chi connectivity index (χ1) is 8.39. The van der Waals surface area contributed by atoms with Crippen molar-refractivity contribution in [2.45, 2.75) is 30.7 Å². The third-order valence-corrected chi connectivity index (χ3v) is 4.83. The molecule has 3 aliphatic rings. The first-order valence-corrected chi connectivity index (χ1v) is 6.20. The molecule has 5 heteroatoms. The molecule has 1 aromatic carbocycles. The van der Waals surface area contributed by atoms with Gasteiger partial charge in [0.05, 0.1) is 0 Å². The number of carboxylic acids is 1.